The van der Waals surface area contributed by atoms with Gasteiger partial charge in [-0.15, -0.1) is 0 Å². The number of hydrogen-bond acceptors (Lipinski definition) is 2. The summed E-state index contributed by atoms with van der Waals surface area (Å²) in [6.45, 7) is -1.19. The predicted octanol–water partition coefficient (Wildman–Crippen LogP) is 4.28. The normalized spacial score (nSPS) is 14.3. The number of hydrogen-bond donors (Lipinski definition) is 3. The van der Waals surface area contributed by atoms with Crippen molar-refractivity contribution >= 4 is 11.7 Å². The third kappa shape index (κ3) is 4.91. The summed E-state index contributed by atoms with van der Waals surface area (Å²) in [4.78, 5) is 11.8. The molecule has 0 heterocycles. The molecule has 3 N–H and O–H groups in total. The molecule has 2 amide bonds. The summed E-state index contributed by atoms with van der Waals surface area (Å²) in [5, 5.41) is 14.0. The third-order valence-corrected chi connectivity index (χ3v) is 3.70. The minimum absolute atomic E-state index is 0.0595. The molecule has 0 radical (unpaired) electrons. The van der Waals surface area contributed by atoms with E-state index in [2.05, 4.69) is 5.32 Å². The minimum atomic E-state index is -5.07. The van der Waals surface area contributed by atoms with Gasteiger partial charge in [-0.25, -0.2) is 4.79 Å². The average Bonchev–Trinajstić information content (AvgIpc) is 2.59. The van der Waals surface area contributed by atoms with E-state index in [9.17, 15) is 36.2 Å². The highest BCUT2D eigenvalue weighted by atomic mass is 19.4. The Hall–Kier alpha value is -2.75. The van der Waals surface area contributed by atoms with Gasteiger partial charge >= 0.3 is 18.4 Å². The molecule has 4 nitrogen and oxygen atoms in total. The first-order valence-electron chi connectivity index (χ1n) is 7.50. The molecular formula is C17H14F6N2O2. The van der Waals surface area contributed by atoms with Gasteiger partial charge in [0, 0.05) is 5.69 Å². The minimum Gasteiger partial charge on any atom is -0.375 e. The number of anilines is 1. The second kappa shape index (κ2) is 7.47. The van der Waals surface area contributed by atoms with Crippen LogP contribution in [0.15, 0.2) is 54.6 Å². The van der Waals surface area contributed by atoms with Crippen LogP contribution >= 0.6 is 0 Å². The number of carbonyl (C=O) groups is 1. The first kappa shape index (κ1) is 20.6. The van der Waals surface area contributed by atoms with Gasteiger partial charge in [0.15, 0.2) is 0 Å². The third-order valence-electron chi connectivity index (χ3n) is 3.70. The molecule has 2 aromatic rings. The Morgan fingerprint density at radius 3 is 1.89 bits per heavy atom. The van der Waals surface area contributed by atoms with Crippen LogP contribution in [0, 0.1) is 0 Å². The van der Waals surface area contributed by atoms with Gasteiger partial charge in [0.05, 0.1) is 12.1 Å². The van der Waals surface area contributed by atoms with E-state index >= 15 is 0 Å². The average molecular weight is 392 g/mol. The van der Waals surface area contributed by atoms with Gasteiger partial charge in [-0.2, -0.15) is 26.3 Å². The van der Waals surface area contributed by atoms with Gasteiger partial charge < -0.3 is 15.7 Å². The number of benzene rings is 2. The van der Waals surface area contributed by atoms with Crippen molar-refractivity contribution in [2.24, 2.45) is 0 Å². The quantitative estimate of drug-likeness (QED) is 0.681. The van der Waals surface area contributed by atoms with E-state index in [0.29, 0.717) is 12.1 Å². The number of urea groups is 1. The van der Waals surface area contributed by atoms with Crippen LogP contribution in [0.4, 0.5) is 36.8 Å². The van der Waals surface area contributed by atoms with Gasteiger partial charge in [0.2, 0.25) is 5.60 Å². The second-order valence-electron chi connectivity index (χ2n) is 5.61. The maximum absolute atomic E-state index is 13.3. The molecule has 2 aromatic carbocycles. The van der Waals surface area contributed by atoms with E-state index in [1.54, 1.807) is 0 Å². The van der Waals surface area contributed by atoms with Crippen molar-refractivity contribution in [2.75, 3.05) is 11.9 Å². The van der Waals surface area contributed by atoms with Gasteiger partial charge in [-0.3, -0.25) is 0 Å². The number of nitrogens with one attached hydrogen (secondary N) is 2. The molecule has 0 bridgehead atoms. The Morgan fingerprint density at radius 2 is 1.41 bits per heavy atom. The zero-order valence-corrected chi connectivity index (χ0v) is 13.5. The van der Waals surface area contributed by atoms with Crippen LogP contribution in [0.1, 0.15) is 11.1 Å². The largest absolute Gasteiger partial charge is 0.423 e. The number of alkyl halides is 6. The van der Waals surface area contributed by atoms with Gasteiger partial charge in [0.25, 0.3) is 0 Å². The number of halogens is 6. The lowest BCUT2D eigenvalue weighted by molar-refractivity contribution is -0.263. The standard InChI is InChI=1S/C17H14F6N2O2/c18-16(19,20)12-6-8-13(9-7-12)25-14(26)24-10-15(27,17(21,22)23)11-4-2-1-3-5-11/h1-9,27H,10H2,(H2,24,25,26). The lowest BCUT2D eigenvalue weighted by Crippen LogP contribution is -2.51. The Morgan fingerprint density at radius 1 is 0.852 bits per heavy atom. The fourth-order valence-corrected chi connectivity index (χ4v) is 2.21. The smallest absolute Gasteiger partial charge is 0.375 e. The van der Waals surface area contributed by atoms with Crippen molar-refractivity contribution < 1.29 is 36.2 Å². The molecule has 0 aliphatic heterocycles. The van der Waals surface area contributed by atoms with Crippen LogP contribution in [0.5, 0.6) is 0 Å². The SMILES string of the molecule is O=C(NCC(O)(c1ccccc1)C(F)(F)F)Nc1ccc(C(F)(F)F)cc1. The molecule has 146 valence electrons. The zero-order valence-electron chi connectivity index (χ0n) is 13.5. The van der Waals surface area contributed by atoms with Gasteiger partial charge in [-0.05, 0) is 29.8 Å². The number of rotatable bonds is 4. The fourth-order valence-electron chi connectivity index (χ4n) is 2.21. The molecule has 0 saturated carbocycles. The van der Waals surface area contributed by atoms with Crippen LogP contribution in [0.3, 0.4) is 0 Å². The van der Waals surface area contributed by atoms with E-state index < -0.39 is 41.7 Å². The maximum atomic E-state index is 13.3. The highest BCUT2D eigenvalue weighted by molar-refractivity contribution is 5.89. The Balaban J connectivity index is 2.06. The summed E-state index contributed by atoms with van der Waals surface area (Å²) in [6.07, 6.45) is -9.63. The number of amides is 2. The van der Waals surface area contributed by atoms with E-state index in [1.807, 2.05) is 5.32 Å². The van der Waals surface area contributed by atoms with Crippen molar-refractivity contribution in [1.29, 1.82) is 0 Å². The lowest BCUT2D eigenvalue weighted by atomic mass is 9.93. The highest BCUT2D eigenvalue weighted by Gasteiger charge is 2.55. The molecule has 1 unspecified atom stereocenters. The molecule has 27 heavy (non-hydrogen) atoms. The van der Waals surface area contributed by atoms with Gasteiger partial charge in [0.1, 0.15) is 0 Å². The monoisotopic (exact) mass is 392 g/mol. The summed E-state index contributed by atoms with van der Waals surface area (Å²) in [5.74, 6) is 0. The molecule has 0 spiro atoms. The highest BCUT2D eigenvalue weighted by Crippen LogP contribution is 2.38. The zero-order chi connectivity index (χ0) is 20.3. The molecule has 0 aliphatic carbocycles. The first-order chi connectivity index (χ1) is 12.4. The Labute approximate surface area is 149 Å². The Bertz CT molecular complexity index is 775. The lowest BCUT2D eigenvalue weighted by Gasteiger charge is -2.31. The maximum Gasteiger partial charge on any atom is 0.423 e. The molecule has 0 aliphatic rings. The van der Waals surface area contributed by atoms with Crippen LogP contribution in [-0.2, 0) is 11.8 Å². The van der Waals surface area contributed by atoms with E-state index in [0.717, 1.165) is 24.3 Å². The summed E-state index contributed by atoms with van der Waals surface area (Å²) >= 11 is 0. The number of aliphatic hydroxyl groups is 1. The predicted molar refractivity (Wildman–Crippen MR) is 84.9 cm³/mol. The van der Waals surface area contributed by atoms with Crippen molar-refractivity contribution in [3.8, 4) is 0 Å². The van der Waals surface area contributed by atoms with Crippen molar-refractivity contribution in [2.45, 2.75) is 18.0 Å². The number of carbonyl (C=O) groups excluding carboxylic acids is 1. The molecule has 0 aromatic heterocycles. The van der Waals surface area contributed by atoms with E-state index in [1.165, 1.54) is 18.2 Å². The van der Waals surface area contributed by atoms with Crippen molar-refractivity contribution in [3.05, 3.63) is 65.7 Å². The topological polar surface area (TPSA) is 61.4 Å². The van der Waals surface area contributed by atoms with Crippen LogP contribution < -0.4 is 10.6 Å². The summed E-state index contributed by atoms with van der Waals surface area (Å²) < 4.78 is 77.3. The van der Waals surface area contributed by atoms with E-state index in [4.69, 9.17) is 0 Å². The fraction of sp³-hybridized carbons (Fsp3) is 0.235. The van der Waals surface area contributed by atoms with Crippen LogP contribution in [-0.4, -0.2) is 23.9 Å². The van der Waals surface area contributed by atoms with E-state index in [-0.39, 0.29) is 5.69 Å². The first-order valence-corrected chi connectivity index (χ1v) is 7.50. The van der Waals surface area contributed by atoms with Gasteiger partial charge in [-0.1, -0.05) is 30.3 Å². The molecule has 10 heteroatoms. The van der Waals surface area contributed by atoms with Crippen molar-refractivity contribution in [3.63, 3.8) is 0 Å². The summed E-state index contributed by atoms with van der Waals surface area (Å²) in [5.41, 5.74) is -4.79. The molecule has 0 fully saturated rings. The van der Waals surface area contributed by atoms with Crippen LogP contribution in [0.2, 0.25) is 0 Å². The molecular weight excluding hydrogens is 378 g/mol. The molecule has 2 rings (SSSR count). The Kier molecular flexibility index (Phi) is 5.69. The molecule has 1 atom stereocenters. The second-order valence-corrected chi connectivity index (χ2v) is 5.61. The summed E-state index contributed by atoms with van der Waals surface area (Å²) in [7, 11) is 0. The summed E-state index contributed by atoms with van der Waals surface area (Å²) in [6, 6.07) is 8.40. The van der Waals surface area contributed by atoms with Crippen molar-refractivity contribution in [1.82, 2.24) is 5.32 Å². The van der Waals surface area contributed by atoms with Crippen LogP contribution in [0.25, 0.3) is 0 Å². The molecule has 0 saturated heterocycles.